The Labute approximate surface area is 193 Å². The van der Waals surface area contributed by atoms with Crippen molar-refractivity contribution in [2.24, 2.45) is 0 Å². The summed E-state index contributed by atoms with van der Waals surface area (Å²) in [4.78, 5) is 0. The van der Waals surface area contributed by atoms with E-state index in [2.05, 4.69) is 73.7 Å². The van der Waals surface area contributed by atoms with Crippen LogP contribution in [0.3, 0.4) is 0 Å². The van der Waals surface area contributed by atoms with E-state index in [1.54, 1.807) is 0 Å². The van der Waals surface area contributed by atoms with Crippen molar-refractivity contribution in [2.75, 3.05) is 6.61 Å². The highest BCUT2D eigenvalue weighted by molar-refractivity contribution is 6.07. The number of rotatable bonds is 0. The molecule has 1 atom stereocenters. The molecule has 0 saturated carbocycles. The van der Waals surface area contributed by atoms with Gasteiger partial charge in [-0.1, -0.05) is 36.4 Å². The van der Waals surface area contributed by atoms with E-state index in [0.29, 0.717) is 13.2 Å². The first-order valence-corrected chi connectivity index (χ1v) is 11.6. The van der Waals surface area contributed by atoms with Gasteiger partial charge in [-0.2, -0.15) is 0 Å². The van der Waals surface area contributed by atoms with Crippen LogP contribution in [-0.2, 0) is 24.2 Å². The Bertz CT molecular complexity index is 1410. The molecule has 162 valence electrons. The summed E-state index contributed by atoms with van der Waals surface area (Å²) in [6, 6.07) is 19.8. The topological polar surface area (TPSA) is 27.7 Å². The third-order valence-corrected chi connectivity index (χ3v) is 7.07. The van der Waals surface area contributed by atoms with Crippen molar-refractivity contribution in [3.05, 3.63) is 111 Å². The molecule has 33 heavy (non-hydrogen) atoms. The second-order valence-corrected chi connectivity index (χ2v) is 9.34. The molecule has 0 amide bonds. The van der Waals surface area contributed by atoms with Crippen LogP contribution in [0.15, 0.2) is 72.5 Å². The first kappa shape index (κ1) is 18.8. The molecule has 3 aliphatic heterocycles. The van der Waals surface area contributed by atoms with Gasteiger partial charge in [-0.15, -0.1) is 0 Å². The maximum absolute atomic E-state index is 6.62. The van der Waals surface area contributed by atoms with Crippen LogP contribution < -0.4 is 9.47 Å². The minimum Gasteiger partial charge on any atom is -0.496 e. The zero-order valence-electron chi connectivity index (χ0n) is 18.6. The number of hydrogen-bond acceptors (Lipinski definition) is 3. The normalized spacial score (nSPS) is 19.5. The molecule has 2 aliphatic carbocycles. The average molecular weight is 433 g/mol. The van der Waals surface area contributed by atoms with Gasteiger partial charge in [-0.25, -0.2) is 0 Å². The van der Waals surface area contributed by atoms with Crippen molar-refractivity contribution < 1.29 is 14.2 Å². The fraction of sp³-hybridized carbons (Fsp3) is 0.200. The highest BCUT2D eigenvalue weighted by Gasteiger charge is 2.28. The van der Waals surface area contributed by atoms with Crippen LogP contribution in [0, 0.1) is 6.92 Å². The summed E-state index contributed by atoms with van der Waals surface area (Å²) in [6.07, 6.45) is 8.10. The maximum atomic E-state index is 6.62. The Morgan fingerprint density at radius 2 is 1.79 bits per heavy atom. The molecule has 0 N–H and O–H groups in total. The molecule has 0 fully saturated rings. The smallest absolute Gasteiger partial charge is 0.127 e. The fourth-order valence-electron chi connectivity index (χ4n) is 5.42. The third-order valence-electron chi connectivity index (χ3n) is 7.07. The van der Waals surface area contributed by atoms with Gasteiger partial charge in [-0.05, 0) is 82.7 Å². The number of fused-ring (bicyclic) bond motifs is 2. The van der Waals surface area contributed by atoms with Gasteiger partial charge in [0.1, 0.15) is 30.8 Å². The van der Waals surface area contributed by atoms with Crippen LogP contribution in [0.4, 0.5) is 0 Å². The van der Waals surface area contributed by atoms with Crippen LogP contribution in [0.5, 0.6) is 11.5 Å². The van der Waals surface area contributed by atoms with Gasteiger partial charge in [0.2, 0.25) is 0 Å². The summed E-state index contributed by atoms with van der Waals surface area (Å²) in [7, 11) is 0. The highest BCUT2D eigenvalue weighted by atomic mass is 16.5. The number of benzene rings is 3. The zero-order chi connectivity index (χ0) is 21.9. The molecule has 3 aromatic rings. The molecule has 0 radical (unpaired) electrons. The Hall–Kier alpha value is -3.72. The lowest BCUT2D eigenvalue weighted by Gasteiger charge is -2.28. The summed E-state index contributed by atoms with van der Waals surface area (Å²) < 4.78 is 18.5. The molecule has 3 nitrogen and oxygen atoms in total. The summed E-state index contributed by atoms with van der Waals surface area (Å²) in [5, 5.41) is 0. The van der Waals surface area contributed by atoms with Crippen molar-refractivity contribution in [1.29, 1.82) is 0 Å². The van der Waals surface area contributed by atoms with Gasteiger partial charge < -0.3 is 14.2 Å². The molecule has 3 aromatic carbocycles. The molecule has 3 heteroatoms. The van der Waals surface area contributed by atoms with Gasteiger partial charge >= 0.3 is 0 Å². The number of aryl methyl sites for hydroxylation is 1. The third kappa shape index (κ3) is 3.11. The van der Waals surface area contributed by atoms with E-state index in [0.717, 1.165) is 41.0 Å². The fourth-order valence-corrected chi connectivity index (χ4v) is 5.42. The predicted octanol–water partition coefficient (Wildman–Crippen LogP) is 6.29. The zero-order valence-corrected chi connectivity index (χ0v) is 18.6. The SMILES string of the molecule is Cc1ccc2c(c1)OC1Cc3ccc4c(c3)COC=C4C3=CCOc4ccc(cc43)CC1=C2. The molecule has 0 spiro atoms. The van der Waals surface area contributed by atoms with Crippen molar-refractivity contribution in [1.82, 2.24) is 0 Å². The molecule has 1 unspecified atom stereocenters. The van der Waals surface area contributed by atoms with E-state index in [-0.39, 0.29) is 6.10 Å². The van der Waals surface area contributed by atoms with Crippen molar-refractivity contribution in [2.45, 2.75) is 32.5 Å². The predicted molar refractivity (Wildman–Crippen MR) is 130 cm³/mol. The molecule has 3 heterocycles. The molecule has 6 bridgehead atoms. The molecule has 0 saturated heterocycles. The second kappa shape index (κ2) is 7.14. The number of hydrogen-bond donors (Lipinski definition) is 0. The maximum Gasteiger partial charge on any atom is 0.127 e. The van der Waals surface area contributed by atoms with Gasteiger partial charge in [0.15, 0.2) is 0 Å². The van der Waals surface area contributed by atoms with Crippen LogP contribution >= 0.6 is 0 Å². The second-order valence-electron chi connectivity index (χ2n) is 9.34. The number of allylic oxidation sites excluding steroid dienone is 2. The largest absolute Gasteiger partial charge is 0.496 e. The van der Waals surface area contributed by atoms with Crippen molar-refractivity contribution in [3.63, 3.8) is 0 Å². The van der Waals surface area contributed by atoms with Crippen LogP contribution in [0.2, 0.25) is 0 Å². The van der Waals surface area contributed by atoms with Crippen LogP contribution in [0.25, 0.3) is 17.2 Å². The van der Waals surface area contributed by atoms with E-state index in [1.807, 2.05) is 6.26 Å². The summed E-state index contributed by atoms with van der Waals surface area (Å²) in [5.41, 5.74) is 12.2. The molecule has 0 aromatic heterocycles. The lowest BCUT2D eigenvalue weighted by atomic mass is 9.87. The first-order chi connectivity index (χ1) is 16.2. The van der Waals surface area contributed by atoms with Crippen LogP contribution in [-0.4, -0.2) is 12.7 Å². The highest BCUT2D eigenvalue weighted by Crippen LogP contribution is 2.43. The summed E-state index contributed by atoms with van der Waals surface area (Å²) in [5.74, 6) is 1.91. The minimum absolute atomic E-state index is 0.0000747. The average Bonchev–Trinajstić information content (AvgIpc) is 2.84. The quantitative estimate of drug-likeness (QED) is 0.418. The Balaban J connectivity index is 1.44. The van der Waals surface area contributed by atoms with E-state index >= 15 is 0 Å². The van der Waals surface area contributed by atoms with Crippen LogP contribution in [0.1, 0.15) is 38.9 Å². The Kier molecular flexibility index (Phi) is 4.07. The van der Waals surface area contributed by atoms with Gasteiger partial charge in [0, 0.05) is 23.1 Å². The molecule has 5 aliphatic rings. The summed E-state index contributed by atoms with van der Waals surface area (Å²) >= 11 is 0. The molecular weight excluding hydrogens is 408 g/mol. The van der Waals surface area contributed by atoms with Gasteiger partial charge in [-0.3, -0.25) is 0 Å². The molecular formula is C30H24O3. The lowest BCUT2D eigenvalue weighted by molar-refractivity contribution is 0.228. The number of ether oxygens (including phenoxy) is 3. The Morgan fingerprint density at radius 1 is 0.848 bits per heavy atom. The Morgan fingerprint density at radius 3 is 2.76 bits per heavy atom. The minimum atomic E-state index is -0.0000747. The lowest BCUT2D eigenvalue weighted by Crippen LogP contribution is -2.26. The monoisotopic (exact) mass is 432 g/mol. The van der Waals surface area contributed by atoms with E-state index < -0.39 is 0 Å². The van der Waals surface area contributed by atoms with Crippen molar-refractivity contribution in [3.8, 4) is 11.5 Å². The van der Waals surface area contributed by atoms with E-state index in [1.165, 1.54) is 39.0 Å². The standard InChI is InChI=1S/C30H24O3/c1-18-2-5-21-15-22-11-19-4-7-28-26(13-19)25(8-9-32-28)27-17-31-16-23-12-20(3-6-24(23)27)14-30(22)33-29(21)10-18/h2-8,10,12-13,15,17,30H,9,11,14,16H2,1H3. The molecule has 8 rings (SSSR count). The van der Waals surface area contributed by atoms with Gasteiger partial charge in [0.25, 0.3) is 0 Å². The first-order valence-electron chi connectivity index (χ1n) is 11.6. The summed E-state index contributed by atoms with van der Waals surface area (Å²) in [6.45, 7) is 3.28. The van der Waals surface area contributed by atoms with E-state index in [4.69, 9.17) is 14.2 Å². The van der Waals surface area contributed by atoms with E-state index in [9.17, 15) is 0 Å². The van der Waals surface area contributed by atoms with Crippen molar-refractivity contribution >= 4 is 17.2 Å². The van der Waals surface area contributed by atoms with Gasteiger partial charge in [0.05, 0.1) is 6.26 Å².